The van der Waals surface area contributed by atoms with Gasteiger partial charge in [-0.25, -0.2) is 0 Å². The first-order valence-electron chi connectivity index (χ1n) is 18.3. The van der Waals surface area contributed by atoms with Gasteiger partial charge in [0.25, 0.3) is 23.6 Å². The summed E-state index contributed by atoms with van der Waals surface area (Å²) in [6.45, 7) is 7.36. The molecule has 5 rings (SSSR count). The lowest BCUT2D eigenvalue weighted by Gasteiger charge is -2.16. The van der Waals surface area contributed by atoms with Gasteiger partial charge in [-0.2, -0.15) is 20.5 Å². The van der Waals surface area contributed by atoms with Crippen molar-refractivity contribution in [1.82, 2.24) is 0 Å². The van der Waals surface area contributed by atoms with Crippen LogP contribution in [0.25, 0.3) is 0 Å². The number of nitrogens with one attached hydrogen (secondary N) is 4. The average molecular weight is 937 g/mol. The molecule has 0 aliphatic heterocycles. The van der Waals surface area contributed by atoms with Crippen LogP contribution in [0.1, 0.15) is 51.3 Å². The number of benzene rings is 5. The molecule has 14 nitrogen and oxygen atoms in total. The highest BCUT2D eigenvalue weighted by molar-refractivity contribution is 6.35. The van der Waals surface area contributed by atoms with Crippen LogP contribution >= 0.6 is 58.0 Å². The van der Waals surface area contributed by atoms with Crippen molar-refractivity contribution in [2.24, 2.45) is 20.5 Å². The van der Waals surface area contributed by atoms with Gasteiger partial charge in [-0.1, -0.05) is 70.1 Å². The van der Waals surface area contributed by atoms with Crippen molar-refractivity contribution < 1.29 is 28.8 Å². The summed E-state index contributed by atoms with van der Waals surface area (Å²) < 4.78 is 0. The molecule has 2 atom stereocenters. The second-order valence-corrected chi connectivity index (χ2v) is 15.7. The van der Waals surface area contributed by atoms with Gasteiger partial charge < -0.3 is 21.3 Å². The Balaban J connectivity index is 1.27. The molecule has 0 saturated carbocycles. The van der Waals surface area contributed by atoms with Gasteiger partial charge >= 0.3 is 0 Å². The van der Waals surface area contributed by atoms with Gasteiger partial charge in [-0.3, -0.25) is 28.8 Å². The van der Waals surface area contributed by atoms with Crippen LogP contribution in [0.2, 0.25) is 25.1 Å². The van der Waals surface area contributed by atoms with E-state index in [-0.39, 0.29) is 43.4 Å². The molecule has 19 heteroatoms. The molecule has 4 amide bonds. The smallest absolute Gasteiger partial charge is 0.258 e. The van der Waals surface area contributed by atoms with Crippen LogP contribution in [-0.4, -0.2) is 47.3 Å². The standard InChI is InChI=1S/C43H35Cl5N8O6/c1-20-16-35(52-43(62)39(24(5)58)55-53-36-17-25(12-14-30(36)46)40(59)50-33-11-7-10-29(45)22(33)3)32(48)19-34(20)51-42(61)38(23(4)57)56-54-37-18-26(13-15-31(37)47)49-41(60)27-8-6-9-28(44)21(27)2/h6-19,38-39H,1-5H3,(H,49,60)(H,50,59)(H,51,61)(H,52,62). The number of halogens is 5. The first kappa shape index (κ1) is 47.0. The van der Waals surface area contributed by atoms with Crippen molar-refractivity contribution in [2.75, 3.05) is 21.3 Å². The maximum atomic E-state index is 13.4. The maximum Gasteiger partial charge on any atom is 0.258 e. The zero-order valence-electron chi connectivity index (χ0n) is 33.4. The lowest BCUT2D eigenvalue weighted by atomic mass is 10.1. The van der Waals surface area contributed by atoms with Crippen molar-refractivity contribution in [2.45, 2.75) is 46.7 Å². The third kappa shape index (κ3) is 11.7. The van der Waals surface area contributed by atoms with Gasteiger partial charge in [0.15, 0.2) is 11.6 Å². The van der Waals surface area contributed by atoms with Crippen LogP contribution < -0.4 is 21.3 Å². The Bertz CT molecular complexity index is 2710. The van der Waals surface area contributed by atoms with E-state index >= 15 is 0 Å². The Labute approximate surface area is 380 Å². The fourth-order valence-electron chi connectivity index (χ4n) is 5.58. The SMILES string of the molecule is CC(=O)C(N=Nc1cc(NC(=O)c2cccc(Cl)c2C)ccc1Cl)C(=O)Nc1cc(Cl)c(NC(=O)C(N=Nc2cc(C(=O)Nc3cccc(Cl)c3C)ccc2Cl)C(C)=O)cc1C. The molecule has 318 valence electrons. The first-order chi connectivity index (χ1) is 29.3. The predicted molar refractivity (Wildman–Crippen MR) is 243 cm³/mol. The normalized spacial score (nSPS) is 12.2. The molecule has 0 spiro atoms. The maximum absolute atomic E-state index is 13.4. The Hall–Kier alpha value is -6.03. The number of anilines is 4. The van der Waals surface area contributed by atoms with Crippen LogP contribution in [0.15, 0.2) is 105 Å². The van der Waals surface area contributed by atoms with E-state index in [1.807, 2.05) is 0 Å². The molecule has 5 aromatic rings. The van der Waals surface area contributed by atoms with E-state index in [2.05, 4.69) is 41.7 Å². The molecule has 0 aromatic heterocycles. The number of ketones is 2. The van der Waals surface area contributed by atoms with Crippen LogP contribution in [0.5, 0.6) is 0 Å². The zero-order valence-corrected chi connectivity index (χ0v) is 37.1. The minimum Gasteiger partial charge on any atom is -0.323 e. The minimum atomic E-state index is -1.65. The number of azo groups is 2. The summed E-state index contributed by atoms with van der Waals surface area (Å²) in [5, 5.41) is 27.7. The number of Topliss-reactive ketones (excluding diaryl/α,β-unsaturated/α-hetero) is 2. The molecule has 0 saturated heterocycles. The number of carbonyl (C=O) groups is 6. The van der Waals surface area contributed by atoms with Gasteiger partial charge in [-0.15, -0.1) is 0 Å². The lowest BCUT2D eigenvalue weighted by Crippen LogP contribution is -2.32. The van der Waals surface area contributed by atoms with Crippen molar-refractivity contribution in [3.63, 3.8) is 0 Å². The lowest BCUT2D eigenvalue weighted by molar-refractivity contribution is -0.127. The van der Waals surface area contributed by atoms with E-state index in [1.54, 1.807) is 63.2 Å². The van der Waals surface area contributed by atoms with Gasteiger partial charge in [0.05, 0.1) is 20.8 Å². The summed E-state index contributed by atoms with van der Waals surface area (Å²) in [4.78, 5) is 77.8. The van der Waals surface area contributed by atoms with Crippen LogP contribution in [0.3, 0.4) is 0 Å². The highest BCUT2D eigenvalue weighted by Gasteiger charge is 2.27. The highest BCUT2D eigenvalue weighted by Crippen LogP contribution is 2.33. The van der Waals surface area contributed by atoms with Crippen molar-refractivity contribution >= 4 is 127 Å². The summed E-state index contributed by atoms with van der Waals surface area (Å²) in [5.41, 5.74) is 3.32. The number of hydrogen-bond donors (Lipinski definition) is 4. The highest BCUT2D eigenvalue weighted by atomic mass is 35.5. The second kappa shape index (κ2) is 20.7. The molecule has 62 heavy (non-hydrogen) atoms. The summed E-state index contributed by atoms with van der Waals surface area (Å²) in [7, 11) is 0. The molecule has 0 bridgehead atoms. The van der Waals surface area contributed by atoms with E-state index in [0.717, 1.165) is 13.8 Å². The minimum absolute atomic E-state index is 0.0173. The Morgan fingerprint density at radius 2 is 1.05 bits per heavy atom. The molecule has 0 fully saturated rings. The van der Waals surface area contributed by atoms with Crippen molar-refractivity contribution in [3.05, 3.63) is 138 Å². The van der Waals surface area contributed by atoms with Gasteiger partial charge in [0.1, 0.15) is 11.4 Å². The third-order valence-electron chi connectivity index (χ3n) is 9.10. The van der Waals surface area contributed by atoms with E-state index in [4.69, 9.17) is 58.0 Å². The molecule has 0 heterocycles. The van der Waals surface area contributed by atoms with Gasteiger partial charge in [0.2, 0.25) is 12.1 Å². The van der Waals surface area contributed by atoms with Crippen molar-refractivity contribution in [3.8, 4) is 0 Å². The summed E-state index contributed by atoms with van der Waals surface area (Å²) in [6.07, 6.45) is 0. The molecule has 0 radical (unpaired) electrons. The predicted octanol–water partition coefficient (Wildman–Crippen LogP) is 11.7. The molecular weight excluding hydrogens is 902 g/mol. The Kier molecular flexibility index (Phi) is 15.7. The van der Waals surface area contributed by atoms with Crippen LogP contribution in [-0.2, 0) is 19.2 Å². The number of carbonyl (C=O) groups excluding carboxylic acids is 6. The monoisotopic (exact) mass is 934 g/mol. The number of rotatable bonds is 14. The van der Waals surface area contributed by atoms with Crippen LogP contribution in [0.4, 0.5) is 34.1 Å². The summed E-state index contributed by atoms with van der Waals surface area (Å²) in [5.74, 6) is -3.98. The van der Waals surface area contributed by atoms with E-state index in [9.17, 15) is 28.8 Å². The largest absolute Gasteiger partial charge is 0.323 e. The second-order valence-electron chi connectivity index (χ2n) is 13.6. The summed E-state index contributed by atoms with van der Waals surface area (Å²) >= 11 is 31.5. The fourth-order valence-corrected chi connectivity index (χ4v) is 6.45. The van der Waals surface area contributed by atoms with E-state index in [0.29, 0.717) is 43.7 Å². The molecule has 0 aliphatic carbocycles. The summed E-state index contributed by atoms with van der Waals surface area (Å²) in [6, 6.07) is 18.2. The number of aryl methyl sites for hydroxylation is 1. The van der Waals surface area contributed by atoms with E-state index in [1.165, 1.54) is 42.5 Å². The third-order valence-corrected chi connectivity index (χ3v) is 10.9. The first-order valence-corrected chi connectivity index (χ1v) is 20.2. The van der Waals surface area contributed by atoms with Gasteiger partial charge in [0, 0.05) is 38.2 Å². The quantitative estimate of drug-likeness (QED) is 0.0630. The Morgan fingerprint density at radius 3 is 1.66 bits per heavy atom. The zero-order chi connectivity index (χ0) is 45.4. The van der Waals surface area contributed by atoms with Crippen LogP contribution in [0, 0.1) is 20.8 Å². The number of amides is 4. The molecule has 5 aromatic carbocycles. The molecule has 2 unspecified atom stereocenters. The fraction of sp³-hybridized carbons (Fsp3) is 0.163. The average Bonchev–Trinajstić information content (AvgIpc) is 3.21. The number of nitrogens with zero attached hydrogens (tertiary/aromatic N) is 4. The molecular formula is C43H35Cl5N8O6. The number of hydrogen-bond acceptors (Lipinski definition) is 10. The van der Waals surface area contributed by atoms with Gasteiger partial charge in [-0.05, 0) is 124 Å². The van der Waals surface area contributed by atoms with E-state index < -0.39 is 47.3 Å². The molecule has 4 N–H and O–H groups in total. The topological polar surface area (TPSA) is 200 Å². The Morgan fingerprint density at radius 1 is 0.500 bits per heavy atom. The van der Waals surface area contributed by atoms with Crippen molar-refractivity contribution in [1.29, 1.82) is 0 Å². The molecule has 0 aliphatic rings.